The van der Waals surface area contributed by atoms with E-state index in [0.29, 0.717) is 0 Å². The first-order chi connectivity index (χ1) is 9.49. The number of nitrogens with two attached hydrogens (primary N) is 1. The summed E-state index contributed by atoms with van der Waals surface area (Å²) in [6, 6.07) is 2.58. The number of ether oxygens (including phenoxy) is 1. The predicted molar refractivity (Wildman–Crippen MR) is 70.8 cm³/mol. The van der Waals surface area contributed by atoms with Crippen LogP contribution in [0.4, 0.5) is 8.78 Å². The fourth-order valence-corrected chi connectivity index (χ4v) is 3.01. The first-order valence-electron chi connectivity index (χ1n) is 5.49. The minimum Gasteiger partial charge on any atom is -0.495 e. The number of rotatable bonds is 6. The maximum absolute atomic E-state index is 12.3. The molecule has 0 saturated carbocycles. The van der Waals surface area contributed by atoms with Crippen LogP contribution in [-0.4, -0.2) is 29.7 Å². The van der Waals surface area contributed by atoms with Gasteiger partial charge in [-0.15, -0.1) is 0 Å². The van der Waals surface area contributed by atoms with Crippen molar-refractivity contribution in [1.29, 1.82) is 0 Å². The normalized spacial score (nSPS) is 14.2. The number of hydrogen-bond donors (Lipinski definition) is 2. The molecule has 0 aliphatic carbocycles. The molecule has 0 fully saturated rings. The average molecular weight is 344 g/mol. The van der Waals surface area contributed by atoms with E-state index < -0.39 is 31.8 Å². The Labute approximate surface area is 121 Å². The molecule has 7 nitrogen and oxygen atoms in total. The molecular formula is C10H14F2N2O5S2. The topological polar surface area (TPSA) is 116 Å². The van der Waals surface area contributed by atoms with Gasteiger partial charge in [0.1, 0.15) is 10.6 Å². The highest BCUT2D eigenvalue weighted by Crippen LogP contribution is 2.27. The van der Waals surface area contributed by atoms with Crippen molar-refractivity contribution < 1.29 is 30.4 Å². The first kappa shape index (κ1) is 17.8. The number of primary sulfonamides is 1. The van der Waals surface area contributed by atoms with E-state index >= 15 is 0 Å². The number of nitrogens with one attached hydrogen (secondary N) is 1. The minimum atomic E-state index is -4.80. The van der Waals surface area contributed by atoms with Gasteiger partial charge in [-0.1, -0.05) is 6.07 Å². The van der Waals surface area contributed by atoms with Crippen LogP contribution in [0.15, 0.2) is 23.1 Å². The van der Waals surface area contributed by atoms with Gasteiger partial charge in [0, 0.05) is 6.04 Å². The summed E-state index contributed by atoms with van der Waals surface area (Å²) in [5.74, 6) is -3.62. The molecule has 11 heteroatoms. The standard InChI is InChI=1S/C10H14F2N2O5S2/c1-6(14-21(17,18)10(11)12)7-3-4-8(19-2)9(5-7)20(13,15)16/h3-6,10,14H,1-2H3,(H2,13,15,16). The number of halogens is 2. The summed E-state index contributed by atoms with van der Waals surface area (Å²) in [6.07, 6.45) is 0. The summed E-state index contributed by atoms with van der Waals surface area (Å²) in [5, 5.41) is 5.01. The molecule has 1 atom stereocenters. The quantitative estimate of drug-likeness (QED) is 0.782. The Bertz CT molecular complexity index is 719. The molecule has 120 valence electrons. The zero-order valence-corrected chi connectivity index (χ0v) is 12.7. The highest BCUT2D eigenvalue weighted by atomic mass is 32.2. The van der Waals surface area contributed by atoms with Crippen molar-refractivity contribution in [3.63, 3.8) is 0 Å². The molecule has 1 aromatic rings. The Morgan fingerprint density at radius 1 is 1.24 bits per heavy atom. The molecule has 1 unspecified atom stereocenters. The van der Waals surface area contributed by atoms with E-state index in [1.54, 1.807) is 4.72 Å². The second kappa shape index (κ2) is 6.22. The first-order valence-corrected chi connectivity index (χ1v) is 8.58. The maximum Gasteiger partial charge on any atom is 0.350 e. The lowest BCUT2D eigenvalue weighted by molar-refractivity contribution is 0.231. The zero-order valence-electron chi connectivity index (χ0n) is 11.1. The summed E-state index contributed by atoms with van der Waals surface area (Å²) in [7, 11) is -7.69. The van der Waals surface area contributed by atoms with Gasteiger partial charge in [-0.2, -0.15) is 8.78 Å². The van der Waals surface area contributed by atoms with Crippen molar-refractivity contribution in [2.24, 2.45) is 5.14 Å². The molecule has 0 amide bonds. The summed E-state index contributed by atoms with van der Waals surface area (Å²) in [6.45, 7) is 1.29. The SMILES string of the molecule is COc1ccc(C(C)NS(=O)(=O)C(F)F)cc1S(N)(=O)=O. The second-order valence-corrected chi connectivity index (χ2v) is 7.31. The zero-order chi connectivity index (χ0) is 16.4. The third-order valence-corrected chi connectivity index (χ3v) is 4.65. The molecule has 0 aliphatic heterocycles. The van der Waals surface area contributed by atoms with Crippen LogP contribution in [0, 0.1) is 0 Å². The molecule has 1 rings (SSSR count). The Balaban J connectivity index is 3.22. The minimum absolute atomic E-state index is 0.0369. The largest absolute Gasteiger partial charge is 0.495 e. The Kier molecular flexibility index (Phi) is 5.25. The van der Waals surface area contributed by atoms with Gasteiger partial charge in [-0.05, 0) is 24.6 Å². The molecule has 0 spiro atoms. The van der Waals surface area contributed by atoms with Crippen LogP contribution in [0.3, 0.4) is 0 Å². The van der Waals surface area contributed by atoms with Gasteiger partial charge in [0.25, 0.3) is 10.0 Å². The van der Waals surface area contributed by atoms with E-state index in [-0.39, 0.29) is 16.2 Å². The molecule has 0 saturated heterocycles. The molecule has 0 aliphatic rings. The van der Waals surface area contributed by atoms with Crippen LogP contribution in [0.25, 0.3) is 0 Å². The van der Waals surface area contributed by atoms with Gasteiger partial charge in [0.15, 0.2) is 0 Å². The molecule has 0 heterocycles. The number of sulfonamides is 2. The van der Waals surface area contributed by atoms with Crippen LogP contribution in [-0.2, 0) is 20.0 Å². The van der Waals surface area contributed by atoms with E-state index in [0.717, 1.165) is 6.07 Å². The van der Waals surface area contributed by atoms with Gasteiger partial charge in [-0.25, -0.2) is 26.7 Å². The van der Waals surface area contributed by atoms with E-state index in [1.165, 1.54) is 26.2 Å². The second-order valence-electron chi connectivity index (χ2n) is 4.10. The van der Waals surface area contributed by atoms with E-state index in [4.69, 9.17) is 9.88 Å². The van der Waals surface area contributed by atoms with E-state index in [2.05, 4.69) is 0 Å². The third kappa shape index (κ3) is 4.33. The van der Waals surface area contributed by atoms with E-state index in [1.807, 2.05) is 0 Å². The number of hydrogen-bond acceptors (Lipinski definition) is 5. The van der Waals surface area contributed by atoms with Crippen LogP contribution in [0.5, 0.6) is 5.75 Å². The van der Waals surface area contributed by atoms with Crippen molar-refractivity contribution >= 4 is 20.0 Å². The van der Waals surface area contributed by atoms with Crippen LogP contribution in [0.2, 0.25) is 0 Å². The Morgan fingerprint density at radius 3 is 2.24 bits per heavy atom. The van der Waals surface area contributed by atoms with Gasteiger partial charge in [-0.3, -0.25) is 0 Å². The average Bonchev–Trinajstić information content (AvgIpc) is 2.36. The van der Waals surface area contributed by atoms with Crippen LogP contribution >= 0.6 is 0 Å². The van der Waals surface area contributed by atoms with Crippen molar-refractivity contribution in [1.82, 2.24) is 4.72 Å². The lowest BCUT2D eigenvalue weighted by Crippen LogP contribution is -2.31. The van der Waals surface area contributed by atoms with Crippen LogP contribution in [0.1, 0.15) is 18.5 Å². The smallest absolute Gasteiger partial charge is 0.350 e. The number of benzene rings is 1. The highest BCUT2D eigenvalue weighted by Gasteiger charge is 2.27. The highest BCUT2D eigenvalue weighted by molar-refractivity contribution is 7.89. The lowest BCUT2D eigenvalue weighted by atomic mass is 10.1. The Morgan fingerprint density at radius 2 is 1.81 bits per heavy atom. The van der Waals surface area contributed by atoms with Crippen molar-refractivity contribution in [2.45, 2.75) is 23.6 Å². The molecule has 21 heavy (non-hydrogen) atoms. The number of methoxy groups -OCH3 is 1. The van der Waals surface area contributed by atoms with Gasteiger partial charge < -0.3 is 4.74 Å². The fourth-order valence-electron chi connectivity index (χ4n) is 1.55. The Hall–Kier alpha value is -1.30. The fraction of sp³-hybridized carbons (Fsp3) is 0.400. The van der Waals surface area contributed by atoms with Crippen LogP contribution < -0.4 is 14.6 Å². The molecule has 0 bridgehead atoms. The summed E-state index contributed by atoms with van der Waals surface area (Å²) in [5.41, 5.74) is 0.143. The van der Waals surface area contributed by atoms with E-state index in [9.17, 15) is 25.6 Å². The third-order valence-electron chi connectivity index (χ3n) is 2.57. The van der Waals surface area contributed by atoms with Crippen molar-refractivity contribution in [3.8, 4) is 5.75 Å². The van der Waals surface area contributed by atoms with Crippen molar-refractivity contribution in [3.05, 3.63) is 23.8 Å². The van der Waals surface area contributed by atoms with Gasteiger partial charge in [0.05, 0.1) is 7.11 Å². The molecule has 1 aromatic carbocycles. The van der Waals surface area contributed by atoms with Crippen molar-refractivity contribution in [2.75, 3.05) is 7.11 Å². The monoisotopic (exact) mass is 344 g/mol. The summed E-state index contributed by atoms with van der Waals surface area (Å²) in [4.78, 5) is -0.370. The molecule has 3 N–H and O–H groups in total. The molecule has 0 radical (unpaired) electrons. The van der Waals surface area contributed by atoms with Gasteiger partial charge >= 0.3 is 5.76 Å². The maximum atomic E-state index is 12.3. The lowest BCUT2D eigenvalue weighted by Gasteiger charge is -2.16. The summed E-state index contributed by atoms with van der Waals surface area (Å²) >= 11 is 0. The number of alkyl halides is 2. The molecular weight excluding hydrogens is 330 g/mol. The summed E-state index contributed by atoms with van der Waals surface area (Å²) < 4.78 is 76.2. The van der Waals surface area contributed by atoms with Gasteiger partial charge in [0.2, 0.25) is 10.0 Å². The molecule has 0 aromatic heterocycles. The predicted octanol–water partition coefficient (Wildman–Crippen LogP) is 0.546.